The first-order chi connectivity index (χ1) is 10.0. The molecule has 1 rings (SSSR count). The minimum absolute atomic E-state index is 0.668. The monoisotopic (exact) mass is 295 g/mol. The van der Waals surface area contributed by atoms with E-state index in [9.17, 15) is 0 Å². The Morgan fingerprint density at radius 2 is 2.00 bits per heavy atom. The quantitative estimate of drug-likeness (QED) is 0.680. The highest BCUT2D eigenvalue weighted by Gasteiger charge is 2.10. The summed E-state index contributed by atoms with van der Waals surface area (Å²) in [5, 5.41) is 3.46. The lowest BCUT2D eigenvalue weighted by molar-refractivity contribution is 0.257. The molecule has 21 heavy (non-hydrogen) atoms. The van der Waals surface area contributed by atoms with Crippen molar-refractivity contribution in [3.05, 3.63) is 23.7 Å². The molecule has 122 valence electrons. The van der Waals surface area contributed by atoms with Gasteiger partial charge in [-0.05, 0) is 58.7 Å². The molecule has 0 atom stereocenters. The molecule has 4 nitrogen and oxygen atoms in total. The molecule has 1 heterocycles. The minimum Gasteiger partial charge on any atom is -0.468 e. The first-order valence-electron chi connectivity index (χ1n) is 8.16. The fraction of sp³-hybridized carbons (Fsp3) is 0.765. The largest absolute Gasteiger partial charge is 0.468 e. The van der Waals surface area contributed by atoms with Crippen LogP contribution in [0.3, 0.4) is 0 Å². The molecule has 0 saturated carbocycles. The number of hydrogen-bond acceptors (Lipinski definition) is 4. The van der Waals surface area contributed by atoms with Crippen LogP contribution in [0.1, 0.15) is 38.5 Å². The van der Waals surface area contributed by atoms with E-state index in [1.807, 2.05) is 6.26 Å². The predicted molar refractivity (Wildman–Crippen MR) is 89.4 cm³/mol. The van der Waals surface area contributed by atoms with Crippen LogP contribution in [0.15, 0.2) is 16.7 Å². The molecule has 0 fully saturated rings. The Morgan fingerprint density at radius 3 is 2.62 bits per heavy atom. The molecule has 0 spiro atoms. The van der Waals surface area contributed by atoms with Gasteiger partial charge in [-0.3, -0.25) is 4.90 Å². The highest BCUT2D eigenvalue weighted by Crippen LogP contribution is 2.13. The van der Waals surface area contributed by atoms with Gasteiger partial charge in [0.1, 0.15) is 5.76 Å². The van der Waals surface area contributed by atoms with Gasteiger partial charge in [0, 0.05) is 12.1 Å². The third-order valence-electron chi connectivity index (χ3n) is 3.60. The van der Waals surface area contributed by atoms with E-state index in [0.29, 0.717) is 5.92 Å². The molecule has 0 amide bonds. The van der Waals surface area contributed by atoms with Gasteiger partial charge < -0.3 is 14.6 Å². The van der Waals surface area contributed by atoms with Crippen molar-refractivity contribution >= 4 is 0 Å². The van der Waals surface area contributed by atoms with Crippen molar-refractivity contribution in [2.75, 3.05) is 40.3 Å². The van der Waals surface area contributed by atoms with Gasteiger partial charge in [-0.1, -0.05) is 20.8 Å². The van der Waals surface area contributed by atoms with Crippen LogP contribution >= 0.6 is 0 Å². The molecule has 0 aliphatic rings. The fourth-order valence-electron chi connectivity index (χ4n) is 2.34. The van der Waals surface area contributed by atoms with Gasteiger partial charge in [-0.25, -0.2) is 0 Å². The van der Waals surface area contributed by atoms with Crippen LogP contribution < -0.4 is 5.32 Å². The maximum Gasteiger partial charge on any atom is 0.122 e. The zero-order chi connectivity index (χ0) is 15.7. The normalized spacial score (nSPS) is 12.0. The Labute approximate surface area is 130 Å². The van der Waals surface area contributed by atoms with Crippen LogP contribution in [0.2, 0.25) is 0 Å². The van der Waals surface area contributed by atoms with Gasteiger partial charge in [0.25, 0.3) is 0 Å². The molecule has 0 unspecified atom stereocenters. The van der Waals surface area contributed by atoms with Crippen LogP contribution in [0.5, 0.6) is 0 Å². The van der Waals surface area contributed by atoms with Crippen LogP contribution in [-0.4, -0.2) is 50.1 Å². The molecule has 1 aromatic heterocycles. The standard InChI is InChI=1S/C17H33N3O/c1-6-20(10-7-9-19(4)5)14-16-8-11-21-17(16)13-18-12-15(2)3/h8,11,15,18H,6-7,9-10,12-14H2,1-5H3. The smallest absolute Gasteiger partial charge is 0.122 e. The van der Waals surface area contributed by atoms with Gasteiger partial charge in [-0.2, -0.15) is 0 Å². The lowest BCUT2D eigenvalue weighted by Crippen LogP contribution is -2.27. The second kappa shape index (κ2) is 9.98. The average Bonchev–Trinajstić information content (AvgIpc) is 2.84. The third kappa shape index (κ3) is 7.65. The van der Waals surface area contributed by atoms with E-state index in [-0.39, 0.29) is 0 Å². The zero-order valence-corrected chi connectivity index (χ0v) is 14.5. The van der Waals surface area contributed by atoms with E-state index in [1.165, 1.54) is 12.0 Å². The fourth-order valence-corrected chi connectivity index (χ4v) is 2.34. The molecule has 0 aromatic carbocycles. The maximum atomic E-state index is 5.64. The van der Waals surface area contributed by atoms with Gasteiger partial charge in [0.15, 0.2) is 0 Å². The number of hydrogen-bond donors (Lipinski definition) is 1. The van der Waals surface area contributed by atoms with E-state index in [1.54, 1.807) is 0 Å². The van der Waals surface area contributed by atoms with Gasteiger partial charge >= 0.3 is 0 Å². The molecule has 0 saturated heterocycles. The second-order valence-electron chi connectivity index (χ2n) is 6.42. The highest BCUT2D eigenvalue weighted by atomic mass is 16.3. The van der Waals surface area contributed by atoms with Crippen molar-refractivity contribution in [2.45, 2.75) is 40.3 Å². The first-order valence-corrected chi connectivity index (χ1v) is 8.16. The Kier molecular flexibility index (Phi) is 8.66. The molecular weight excluding hydrogens is 262 g/mol. The summed E-state index contributed by atoms with van der Waals surface area (Å²) in [6.45, 7) is 12.9. The Morgan fingerprint density at radius 1 is 1.24 bits per heavy atom. The molecule has 4 heteroatoms. The van der Waals surface area contributed by atoms with E-state index < -0.39 is 0 Å². The molecule has 1 N–H and O–H groups in total. The average molecular weight is 295 g/mol. The summed E-state index contributed by atoms with van der Waals surface area (Å²) in [5.74, 6) is 1.75. The Balaban J connectivity index is 2.42. The maximum absolute atomic E-state index is 5.64. The van der Waals surface area contributed by atoms with E-state index in [4.69, 9.17) is 4.42 Å². The molecule has 0 bridgehead atoms. The van der Waals surface area contributed by atoms with Crippen molar-refractivity contribution in [3.8, 4) is 0 Å². The zero-order valence-electron chi connectivity index (χ0n) is 14.5. The van der Waals surface area contributed by atoms with Crippen molar-refractivity contribution in [1.82, 2.24) is 15.1 Å². The van der Waals surface area contributed by atoms with Crippen LogP contribution in [0.25, 0.3) is 0 Å². The van der Waals surface area contributed by atoms with Crippen molar-refractivity contribution in [1.29, 1.82) is 0 Å². The Bertz CT molecular complexity index is 374. The van der Waals surface area contributed by atoms with Crippen LogP contribution in [0, 0.1) is 5.92 Å². The molecule has 0 aliphatic carbocycles. The third-order valence-corrected chi connectivity index (χ3v) is 3.60. The molecular formula is C17H33N3O. The van der Waals surface area contributed by atoms with Crippen molar-refractivity contribution in [3.63, 3.8) is 0 Å². The van der Waals surface area contributed by atoms with E-state index in [2.05, 4.69) is 56.0 Å². The lowest BCUT2D eigenvalue weighted by atomic mass is 10.2. The van der Waals surface area contributed by atoms with E-state index >= 15 is 0 Å². The SMILES string of the molecule is CCN(CCCN(C)C)Cc1ccoc1CNCC(C)C. The summed E-state index contributed by atoms with van der Waals surface area (Å²) in [7, 11) is 4.26. The van der Waals surface area contributed by atoms with Crippen LogP contribution in [-0.2, 0) is 13.1 Å². The summed E-state index contributed by atoms with van der Waals surface area (Å²) in [6.07, 6.45) is 3.02. The van der Waals surface area contributed by atoms with E-state index in [0.717, 1.165) is 45.0 Å². The molecule has 1 aromatic rings. The topological polar surface area (TPSA) is 31.6 Å². The second-order valence-corrected chi connectivity index (χ2v) is 6.42. The summed E-state index contributed by atoms with van der Waals surface area (Å²) in [4.78, 5) is 4.73. The molecule has 0 radical (unpaired) electrons. The van der Waals surface area contributed by atoms with Crippen molar-refractivity contribution in [2.24, 2.45) is 5.92 Å². The molecule has 0 aliphatic heterocycles. The summed E-state index contributed by atoms with van der Waals surface area (Å²) in [6, 6.07) is 2.11. The predicted octanol–water partition coefficient (Wildman–Crippen LogP) is 2.80. The summed E-state index contributed by atoms with van der Waals surface area (Å²) >= 11 is 0. The van der Waals surface area contributed by atoms with Crippen molar-refractivity contribution < 1.29 is 4.42 Å². The van der Waals surface area contributed by atoms with Gasteiger partial charge in [0.05, 0.1) is 12.8 Å². The Hall–Kier alpha value is -0.840. The number of furan rings is 1. The van der Waals surface area contributed by atoms with Crippen LogP contribution in [0.4, 0.5) is 0 Å². The number of nitrogens with zero attached hydrogens (tertiary/aromatic N) is 2. The number of nitrogens with one attached hydrogen (secondary N) is 1. The number of rotatable bonds is 11. The first kappa shape index (κ1) is 18.2. The minimum atomic E-state index is 0.668. The summed E-state index contributed by atoms with van der Waals surface area (Å²) in [5.41, 5.74) is 1.32. The van der Waals surface area contributed by atoms with Gasteiger partial charge in [0.2, 0.25) is 0 Å². The highest BCUT2D eigenvalue weighted by molar-refractivity contribution is 5.16. The van der Waals surface area contributed by atoms with Gasteiger partial charge in [-0.15, -0.1) is 0 Å². The summed E-state index contributed by atoms with van der Waals surface area (Å²) < 4.78 is 5.64. The lowest BCUT2D eigenvalue weighted by Gasteiger charge is -2.21.